The average molecular weight is 513 g/mol. The van der Waals surface area contributed by atoms with E-state index in [1.54, 1.807) is 24.3 Å². The Bertz CT molecular complexity index is 1230. The van der Waals surface area contributed by atoms with Gasteiger partial charge in [-0.05, 0) is 51.8 Å². The lowest BCUT2D eigenvalue weighted by atomic mass is 10.2. The van der Waals surface area contributed by atoms with Crippen LogP contribution in [0.1, 0.15) is 11.5 Å². The fraction of sp³-hybridized carbons (Fsp3) is 0.130. The summed E-state index contributed by atoms with van der Waals surface area (Å²) in [5.41, 5.74) is 7.42. The first-order chi connectivity index (χ1) is 16.0. The minimum atomic E-state index is -0.939. The van der Waals surface area contributed by atoms with Crippen molar-refractivity contribution in [3.63, 3.8) is 0 Å². The average Bonchev–Trinajstić information content (AvgIpc) is 3.29. The van der Waals surface area contributed by atoms with Crippen molar-refractivity contribution in [1.29, 1.82) is 0 Å². The molecule has 0 saturated carbocycles. The van der Waals surface area contributed by atoms with Gasteiger partial charge in [-0.25, -0.2) is 9.37 Å². The number of hydrogen-bond acceptors (Lipinski definition) is 8. The highest BCUT2D eigenvalue weighted by Crippen LogP contribution is 2.26. The molecule has 168 valence electrons. The molecule has 8 nitrogen and oxygen atoms in total. The monoisotopic (exact) mass is 512 g/mol. The van der Waals surface area contributed by atoms with Gasteiger partial charge in [0.1, 0.15) is 18.4 Å². The van der Waals surface area contributed by atoms with Gasteiger partial charge in [-0.15, -0.1) is 0 Å². The second-order valence-corrected chi connectivity index (χ2v) is 7.90. The molecule has 0 aliphatic carbocycles. The zero-order valence-electron chi connectivity index (χ0n) is 17.2. The maximum absolute atomic E-state index is 13.9. The number of rotatable bonds is 8. The molecule has 10 heteroatoms. The standard InChI is InChI=1S/C23H18BrFN4O4/c24-16-10-18(25)22(27-12-16)32-17-8-6-15(7-9-17)21-28-20(33-29-21)11-19(26)23(30)31-13-14-4-2-1-3-5-14/h1-10,12,19H,11,13,26H2/t19-/m0/s1. The predicted molar refractivity (Wildman–Crippen MR) is 120 cm³/mol. The molecule has 0 aliphatic rings. The molecule has 1 atom stereocenters. The second kappa shape index (κ2) is 10.3. The number of nitrogens with two attached hydrogens (primary N) is 1. The molecule has 4 aromatic rings. The normalized spacial score (nSPS) is 11.7. The number of hydrogen-bond donors (Lipinski definition) is 1. The van der Waals surface area contributed by atoms with E-state index in [9.17, 15) is 9.18 Å². The Morgan fingerprint density at radius 3 is 2.64 bits per heavy atom. The van der Waals surface area contributed by atoms with E-state index in [-0.39, 0.29) is 24.8 Å². The highest BCUT2D eigenvalue weighted by atomic mass is 79.9. The smallest absolute Gasteiger partial charge is 0.323 e. The summed E-state index contributed by atoms with van der Waals surface area (Å²) in [7, 11) is 0. The molecule has 0 bridgehead atoms. The summed E-state index contributed by atoms with van der Waals surface area (Å²) in [6.07, 6.45) is 1.48. The van der Waals surface area contributed by atoms with Crippen molar-refractivity contribution in [3.05, 3.63) is 88.6 Å². The highest BCUT2D eigenvalue weighted by Gasteiger charge is 2.20. The molecule has 2 N–H and O–H groups in total. The van der Waals surface area contributed by atoms with Gasteiger partial charge in [-0.2, -0.15) is 4.98 Å². The van der Waals surface area contributed by atoms with Gasteiger partial charge in [-0.3, -0.25) is 4.79 Å². The van der Waals surface area contributed by atoms with Crippen molar-refractivity contribution in [2.45, 2.75) is 19.1 Å². The van der Waals surface area contributed by atoms with Gasteiger partial charge in [-0.1, -0.05) is 35.5 Å². The van der Waals surface area contributed by atoms with Crippen LogP contribution in [0.3, 0.4) is 0 Å². The fourth-order valence-corrected chi connectivity index (χ4v) is 3.13. The maximum atomic E-state index is 13.9. The van der Waals surface area contributed by atoms with Crippen LogP contribution >= 0.6 is 15.9 Å². The van der Waals surface area contributed by atoms with E-state index in [0.717, 1.165) is 5.56 Å². The third-order valence-corrected chi connectivity index (χ3v) is 4.92. The Labute approximate surface area is 196 Å². The summed E-state index contributed by atoms with van der Waals surface area (Å²) in [5, 5.41) is 3.92. The van der Waals surface area contributed by atoms with Gasteiger partial charge in [0.2, 0.25) is 11.7 Å². The number of nitrogens with zero attached hydrogens (tertiary/aromatic N) is 3. The molecule has 2 aromatic carbocycles. The summed E-state index contributed by atoms with van der Waals surface area (Å²) in [5.74, 6) is -0.380. The van der Waals surface area contributed by atoms with Gasteiger partial charge in [0, 0.05) is 16.2 Å². The van der Waals surface area contributed by atoms with Crippen LogP contribution in [0.25, 0.3) is 11.4 Å². The third-order valence-electron chi connectivity index (χ3n) is 4.49. The number of esters is 1. The lowest BCUT2D eigenvalue weighted by Crippen LogP contribution is -2.34. The summed E-state index contributed by atoms with van der Waals surface area (Å²) >= 11 is 3.14. The van der Waals surface area contributed by atoms with Gasteiger partial charge < -0.3 is 19.7 Å². The summed E-state index contributed by atoms with van der Waals surface area (Å²) < 4.78 is 30.3. The summed E-state index contributed by atoms with van der Waals surface area (Å²) in [6.45, 7) is 0.135. The van der Waals surface area contributed by atoms with E-state index in [0.29, 0.717) is 21.6 Å². The Hall–Kier alpha value is -3.63. The van der Waals surface area contributed by atoms with Crippen LogP contribution < -0.4 is 10.5 Å². The number of carbonyl (C=O) groups excluding carboxylic acids is 1. The molecular weight excluding hydrogens is 495 g/mol. The van der Waals surface area contributed by atoms with E-state index in [4.69, 9.17) is 19.7 Å². The molecule has 33 heavy (non-hydrogen) atoms. The van der Waals surface area contributed by atoms with Crippen LogP contribution in [0, 0.1) is 5.82 Å². The van der Waals surface area contributed by atoms with E-state index in [2.05, 4.69) is 31.1 Å². The lowest BCUT2D eigenvalue weighted by molar-refractivity contribution is -0.146. The molecule has 0 aliphatic heterocycles. The number of ether oxygens (including phenoxy) is 2. The molecule has 2 heterocycles. The minimum Gasteiger partial charge on any atom is -0.460 e. The van der Waals surface area contributed by atoms with Crippen molar-refractivity contribution in [1.82, 2.24) is 15.1 Å². The topological polar surface area (TPSA) is 113 Å². The Morgan fingerprint density at radius 2 is 1.91 bits per heavy atom. The lowest BCUT2D eigenvalue weighted by Gasteiger charge is -2.09. The zero-order chi connectivity index (χ0) is 23.2. The van der Waals surface area contributed by atoms with Crippen molar-refractivity contribution in [2.24, 2.45) is 5.73 Å². The van der Waals surface area contributed by atoms with E-state index in [1.807, 2.05) is 30.3 Å². The van der Waals surface area contributed by atoms with Gasteiger partial charge >= 0.3 is 5.97 Å². The number of carbonyl (C=O) groups is 1. The maximum Gasteiger partial charge on any atom is 0.323 e. The quantitative estimate of drug-likeness (QED) is 0.344. The van der Waals surface area contributed by atoms with Crippen LogP contribution in [0.4, 0.5) is 4.39 Å². The van der Waals surface area contributed by atoms with Crippen molar-refractivity contribution in [2.75, 3.05) is 0 Å². The van der Waals surface area contributed by atoms with Gasteiger partial charge in [0.05, 0.1) is 6.42 Å². The second-order valence-electron chi connectivity index (χ2n) is 6.98. The first kappa shape index (κ1) is 22.6. The molecule has 0 spiro atoms. The summed E-state index contributed by atoms with van der Waals surface area (Å²) in [6, 6.07) is 16.3. The van der Waals surface area contributed by atoms with Crippen LogP contribution in [0.2, 0.25) is 0 Å². The predicted octanol–water partition coefficient (Wildman–Crippen LogP) is 4.44. The molecule has 0 fully saturated rings. The first-order valence-corrected chi connectivity index (χ1v) is 10.7. The van der Waals surface area contributed by atoms with Gasteiger partial charge in [0.15, 0.2) is 5.82 Å². The third kappa shape index (κ3) is 5.99. The number of aromatic nitrogens is 3. The van der Waals surface area contributed by atoms with E-state index >= 15 is 0 Å². The van der Waals surface area contributed by atoms with E-state index in [1.165, 1.54) is 12.3 Å². The molecule has 0 radical (unpaired) electrons. The van der Waals surface area contributed by atoms with Crippen molar-refractivity contribution < 1.29 is 23.2 Å². The number of pyridine rings is 1. The SMILES string of the molecule is N[C@@H](Cc1nc(-c2ccc(Oc3ncc(Br)cc3F)cc2)no1)C(=O)OCc1ccccc1. The molecule has 2 aromatic heterocycles. The molecule has 0 saturated heterocycles. The first-order valence-electron chi connectivity index (χ1n) is 9.86. The molecular formula is C23H18BrFN4O4. The van der Waals surface area contributed by atoms with Crippen LogP contribution in [0.5, 0.6) is 11.6 Å². The Kier molecular flexibility index (Phi) is 7.06. The molecule has 0 unspecified atom stereocenters. The van der Waals surface area contributed by atoms with Crippen molar-refractivity contribution >= 4 is 21.9 Å². The summed E-state index contributed by atoms with van der Waals surface area (Å²) in [4.78, 5) is 20.3. The van der Waals surface area contributed by atoms with Crippen molar-refractivity contribution in [3.8, 4) is 23.0 Å². The highest BCUT2D eigenvalue weighted by molar-refractivity contribution is 9.10. The Morgan fingerprint density at radius 1 is 1.15 bits per heavy atom. The van der Waals surface area contributed by atoms with Crippen LogP contribution in [-0.4, -0.2) is 27.1 Å². The minimum absolute atomic E-state index is 0.0380. The largest absolute Gasteiger partial charge is 0.460 e. The van der Waals surface area contributed by atoms with E-state index < -0.39 is 17.8 Å². The van der Waals surface area contributed by atoms with Crippen LogP contribution in [0.15, 0.2) is 75.9 Å². The van der Waals surface area contributed by atoms with Gasteiger partial charge in [0.25, 0.3) is 5.88 Å². The zero-order valence-corrected chi connectivity index (χ0v) is 18.7. The molecule has 0 amide bonds. The number of benzene rings is 2. The fourth-order valence-electron chi connectivity index (χ4n) is 2.82. The van der Waals surface area contributed by atoms with Crippen LogP contribution in [-0.2, 0) is 22.6 Å². The number of halogens is 2. The molecule has 4 rings (SSSR count). The Balaban J connectivity index is 1.34.